The highest BCUT2D eigenvalue weighted by atomic mass is 14.6. The topological polar surface area (TPSA) is 0 Å². The van der Waals surface area contributed by atoms with E-state index in [9.17, 15) is 0 Å². The van der Waals surface area contributed by atoms with Crippen molar-refractivity contribution >= 4 is 0 Å². The van der Waals surface area contributed by atoms with Gasteiger partial charge in [0, 0.05) is 0 Å². The average molecular weight is 379 g/mol. The van der Waals surface area contributed by atoms with Gasteiger partial charge in [0.25, 0.3) is 0 Å². The van der Waals surface area contributed by atoms with E-state index in [2.05, 4.69) is 45.0 Å². The molecule has 0 heteroatoms. The van der Waals surface area contributed by atoms with Crippen LogP contribution in [0.3, 0.4) is 0 Å². The second-order valence-electron chi connectivity index (χ2n) is 12.0. The summed E-state index contributed by atoms with van der Waals surface area (Å²) in [6, 6.07) is 9.66. The number of hydrogen-bond acceptors (Lipinski definition) is 0. The van der Waals surface area contributed by atoms with Crippen molar-refractivity contribution in [3.63, 3.8) is 0 Å². The van der Waals surface area contributed by atoms with E-state index >= 15 is 0 Å². The van der Waals surface area contributed by atoms with Crippen molar-refractivity contribution in [2.45, 2.75) is 96.8 Å². The van der Waals surface area contributed by atoms with E-state index in [1.807, 2.05) is 0 Å². The highest BCUT2D eigenvalue weighted by Crippen LogP contribution is 2.59. The molecule has 0 radical (unpaired) electrons. The van der Waals surface area contributed by atoms with Crippen LogP contribution >= 0.6 is 0 Å². The third kappa shape index (κ3) is 3.48. The maximum atomic E-state index is 2.44. The lowest BCUT2D eigenvalue weighted by atomic mass is 9.53. The smallest absolute Gasteiger partial charge is 0.0132 e. The molecular formula is C28H42. The molecule has 1 aromatic rings. The van der Waals surface area contributed by atoms with Crippen LogP contribution in [0.1, 0.15) is 96.1 Å². The molecule has 0 aliphatic heterocycles. The molecule has 0 amide bonds. The van der Waals surface area contributed by atoms with Crippen molar-refractivity contribution in [3.05, 3.63) is 35.4 Å². The second kappa shape index (κ2) is 7.48. The predicted molar refractivity (Wildman–Crippen MR) is 119 cm³/mol. The molecule has 7 atom stereocenters. The fourth-order valence-corrected chi connectivity index (χ4v) is 8.30. The molecule has 5 rings (SSSR count). The summed E-state index contributed by atoms with van der Waals surface area (Å²) in [7, 11) is 0. The zero-order valence-corrected chi connectivity index (χ0v) is 18.6. The molecule has 0 saturated heterocycles. The molecule has 154 valence electrons. The van der Waals surface area contributed by atoms with Gasteiger partial charge in [0.1, 0.15) is 0 Å². The van der Waals surface area contributed by atoms with E-state index in [1.165, 1.54) is 31.2 Å². The summed E-state index contributed by atoms with van der Waals surface area (Å²) in [5, 5.41) is 0. The largest absolute Gasteiger partial charge is 0.0587 e. The highest BCUT2D eigenvalue weighted by molar-refractivity contribution is 5.28. The van der Waals surface area contributed by atoms with Crippen LogP contribution in [0.2, 0.25) is 0 Å². The van der Waals surface area contributed by atoms with Crippen LogP contribution in [0.4, 0.5) is 0 Å². The molecule has 4 aliphatic rings. The van der Waals surface area contributed by atoms with Crippen LogP contribution in [0.25, 0.3) is 0 Å². The molecule has 0 nitrogen and oxygen atoms in total. The number of hydrogen-bond donors (Lipinski definition) is 0. The van der Waals surface area contributed by atoms with Crippen LogP contribution in [0.5, 0.6) is 0 Å². The molecule has 4 fully saturated rings. The lowest BCUT2D eigenvalue weighted by Crippen LogP contribution is -2.44. The van der Waals surface area contributed by atoms with Crippen molar-refractivity contribution in [1.29, 1.82) is 0 Å². The first-order valence-corrected chi connectivity index (χ1v) is 12.6. The Morgan fingerprint density at radius 2 is 1.25 bits per heavy atom. The Balaban J connectivity index is 1.26. The fourth-order valence-electron chi connectivity index (χ4n) is 8.30. The summed E-state index contributed by atoms with van der Waals surface area (Å²) < 4.78 is 0. The summed E-state index contributed by atoms with van der Waals surface area (Å²) in [6.07, 6.45) is 16.9. The Bertz CT molecular complexity index is 662. The SMILES string of the molecule is CC(C)(C)c1ccc(C[C@@H]2CCC3C4CCC5CCCCC5C4CCC32)cc1. The van der Waals surface area contributed by atoms with Gasteiger partial charge in [-0.05, 0) is 109 Å². The molecule has 28 heavy (non-hydrogen) atoms. The minimum atomic E-state index is 0.271. The maximum Gasteiger partial charge on any atom is -0.0132 e. The van der Waals surface area contributed by atoms with Gasteiger partial charge in [-0.25, -0.2) is 0 Å². The fraction of sp³-hybridized carbons (Fsp3) is 0.786. The van der Waals surface area contributed by atoms with Gasteiger partial charge in [-0.2, -0.15) is 0 Å². The summed E-state index contributed by atoms with van der Waals surface area (Å²) in [5.74, 6) is 7.55. The Hall–Kier alpha value is -0.780. The molecule has 0 spiro atoms. The summed E-state index contributed by atoms with van der Waals surface area (Å²) in [4.78, 5) is 0. The molecule has 1 aromatic carbocycles. The lowest BCUT2D eigenvalue weighted by Gasteiger charge is -2.52. The second-order valence-corrected chi connectivity index (χ2v) is 12.0. The molecule has 0 bridgehead atoms. The molecule has 0 aromatic heterocycles. The zero-order chi connectivity index (χ0) is 19.3. The molecule has 6 unspecified atom stereocenters. The van der Waals surface area contributed by atoms with Crippen LogP contribution in [-0.2, 0) is 11.8 Å². The zero-order valence-electron chi connectivity index (χ0n) is 18.6. The molecule has 4 saturated carbocycles. The van der Waals surface area contributed by atoms with Gasteiger partial charge in [0.2, 0.25) is 0 Å². The van der Waals surface area contributed by atoms with E-state index in [4.69, 9.17) is 0 Å². The van der Waals surface area contributed by atoms with Crippen LogP contribution in [0, 0.1) is 41.4 Å². The van der Waals surface area contributed by atoms with E-state index < -0.39 is 0 Å². The Kier molecular flexibility index (Phi) is 5.13. The Morgan fingerprint density at radius 1 is 0.643 bits per heavy atom. The van der Waals surface area contributed by atoms with Crippen LogP contribution in [-0.4, -0.2) is 0 Å². The number of fused-ring (bicyclic) bond motifs is 5. The normalized spacial score (nSPS) is 40.5. The minimum Gasteiger partial charge on any atom is -0.0587 e. The highest BCUT2D eigenvalue weighted by Gasteiger charge is 2.50. The van der Waals surface area contributed by atoms with E-state index in [0.29, 0.717) is 0 Å². The first-order chi connectivity index (χ1) is 13.5. The van der Waals surface area contributed by atoms with Gasteiger partial charge < -0.3 is 0 Å². The van der Waals surface area contributed by atoms with Gasteiger partial charge in [-0.15, -0.1) is 0 Å². The third-order valence-corrected chi connectivity index (χ3v) is 9.67. The van der Waals surface area contributed by atoms with Crippen molar-refractivity contribution in [2.24, 2.45) is 41.4 Å². The quantitative estimate of drug-likeness (QED) is 0.492. The lowest BCUT2D eigenvalue weighted by molar-refractivity contribution is -0.0244. The molecule has 0 N–H and O–H groups in total. The monoisotopic (exact) mass is 378 g/mol. The van der Waals surface area contributed by atoms with Crippen LogP contribution < -0.4 is 0 Å². The standard InChI is InChI=1S/C28H42/c1-28(2,3)22-12-8-19(9-13-22)18-21-11-15-25-24(21)16-17-26-23-7-5-4-6-20(23)10-14-27(25)26/h8-9,12-13,20-21,23-27H,4-7,10-11,14-18H2,1-3H3/t20?,21-,23?,24?,25?,26?,27?/m0/s1. The van der Waals surface area contributed by atoms with E-state index in [0.717, 1.165) is 41.4 Å². The van der Waals surface area contributed by atoms with Gasteiger partial charge in [0.05, 0.1) is 0 Å². The third-order valence-electron chi connectivity index (χ3n) is 9.67. The van der Waals surface area contributed by atoms with Gasteiger partial charge in [-0.3, -0.25) is 0 Å². The van der Waals surface area contributed by atoms with E-state index in [1.54, 1.807) is 50.5 Å². The summed E-state index contributed by atoms with van der Waals surface area (Å²) in [6.45, 7) is 6.97. The van der Waals surface area contributed by atoms with Crippen molar-refractivity contribution in [1.82, 2.24) is 0 Å². The average Bonchev–Trinajstić information content (AvgIpc) is 3.10. The molecule has 4 aliphatic carbocycles. The van der Waals surface area contributed by atoms with E-state index in [-0.39, 0.29) is 5.41 Å². The number of benzene rings is 1. The minimum absolute atomic E-state index is 0.271. The molecule has 0 heterocycles. The summed E-state index contributed by atoms with van der Waals surface area (Å²) in [5.41, 5.74) is 3.34. The van der Waals surface area contributed by atoms with Gasteiger partial charge >= 0.3 is 0 Å². The first kappa shape index (κ1) is 19.2. The Labute approximate surface area is 173 Å². The molecular weight excluding hydrogens is 336 g/mol. The predicted octanol–water partition coefficient (Wildman–Crippen LogP) is 7.80. The van der Waals surface area contributed by atoms with Crippen molar-refractivity contribution in [2.75, 3.05) is 0 Å². The van der Waals surface area contributed by atoms with Gasteiger partial charge in [0.15, 0.2) is 0 Å². The van der Waals surface area contributed by atoms with Crippen molar-refractivity contribution in [3.8, 4) is 0 Å². The van der Waals surface area contributed by atoms with Gasteiger partial charge in [-0.1, -0.05) is 64.3 Å². The maximum absolute atomic E-state index is 2.44. The first-order valence-electron chi connectivity index (χ1n) is 12.6. The van der Waals surface area contributed by atoms with Crippen LogP contribution in [0.15, 0.2) is 24.3 Å². The van der Waals surface area contributed by atoms with Crippen molar-refractivity contribution < 1.29 is 0 Å². The summed E-state index contributed by atoms with van der Waals surface area (Å²) >= 11 is 0. The number of rotatable bonds is 2. The Morgan fingerprint density at radius 3 is 2.04 bits per heavy atom.